The smallest absolute Gasteiger partial charge is 0.547 e. The molecular formula is C34H37FLiN5O5. The maximum absolute atomic E-state index is 15.4. The Morgan fingerprint density at radius 1 is 1.04 bits per heavy atom. The van der Waals surface area contributed by atoms with Gasteiger partial charge in [-0.3, -0.25) is 4.79 Å². The Balaban J connectivity index is 0.00000372. The minimum absolute atomic E-state index is 0. The Kier molecular flexibility index (Phi) is 8.22. The van der Waals surface area contributed by atoms with Gasteiger partial charge < -0.3 is 33.9 Å². The topological polar surface area (TPSA) is 111 Å². The van der Waals surface area contributed by atoms with Crippen molar-refractivity contribution in [2.24, 2.45) is 5.41 Å². The van der Waals surface area contributed by atoms with E-state index in [0.717, 1.165) is 60.7 Å². The first-order valence-corrected chi connectivity index (χ1v) is 15.6. The summed E-state index contributed by atoms with van der Waals surface area (Å²) in [4.78, 5) is 47.8. The largest absolute Gasteiger partial charge is 1.00 e. The third kappa shape index (κ3) is 5.69. The number of likely N-dealkylation sites (tertiary alicyclic amines) is 1. The minimum atomic E-state index is -1.43. The van der Waals surface area contributed by atoms with Crippen LogP contribution < -0.4 is 28.9 Å². The van der Waals surface area contributed by atoms with E-state index in [9.17, 15) is 19.5 Å². The molecule has 0 bridgehead atoms. The molecular weight excluding hydrogens is 584 g/mol. The summed E-state index contributed by atoms with van der Waals surface area (Å²) in [7, 11) is 0. The molecule has 1 spiro atoms. The average molecular weight is 622 g/mol. The van der Waals surface area contributed by atoms with Crippen molar-refractivity contribution < 1.29 is 47.5 Å². The number of rotatable bonds is 5. The molecule has 1 atom stereocenters. The number of carboxylic acids is 1. The molecule has 0 saturated carbocycles. The monoisotopic (exact) mass is 621 g/mol. The van der Waals surface area contributed by atoms with Crippen LogP contribution in [0.3, 0.4) is 0 Å². The van der Waals surface area contributed by atoms with Gasteiger partial charge in [-0.05, 0) is 81.8 Å². The zero-order valence-electron chi connectivity index (χ0n) is 26.8. The number of piperidine rings is 1. The van der Waals surface area contributed by atoms with Gasteiger partial charge in [-0.1, -0.05) is 12.1 Å². The summed E-state index contributed by atoms with van der Waals surface area (Å²) >= 11 is 0. The Morgan fingerprint density at radius 3 is 2.39 bits per heavy atom. The number of hydrogen-bond donors (Lipinski definition) is 0. The van der Waals surface area contributed by atoms with E-state index in [2.05, 4.69) is 9.88 Å². The average Bonchev–Trinajstić information content (AvgIpc) is 3.68. The summed E-state index contributed by atoms with van der Waals surface area (Å²) in [6.07, 6.45) is 4.77. The molecule has 0 aliphatic carbocycles. The van der Waals surface area contributed by atoms with Crippen LogP contribution in [0.5, 0.6) is 0 Å². The number of nitrogens with zero attached hydrogens (tertiary/aromatic N) is 5. The van der Waals surface area contributed by atoms with Crippen molar-refractivity contribution in [1.29, 1.82) is 0 Å². The molecule has 10 nitrogen and oxygen atoms in total. The standard InChI is InChI=1S/C34H38FN5O5.Li/c1-33(2,3)45-32(44)37-13-10-34(11-14-37)18-39(19-34)23-8-6-21(7-9-23)22-15-24-25(26(35)16-22)17-40(30(24)41)29(31(42)43)28-27-5-4-12-38(27)20-36-28;/h6-9,15-16,20,29H,4-5,10-14,17-19H2,1-3H3,(H,42,43);/q;+1/p-1. The van der Waals surface area contributed by atoms with Crippen LogP contribution in [-0.2, 0) is 29.0 Å². The van der Waals surface area contributed by atoms with Crippen LogP contribution in [0.1, 0.15) is 73.4 Å². The summed E-state index contributed by atoms with van der Waals surface area (Å²) in [5, 5.41) is 12.3. The van der Waals surface area contributed by atoms with Gasteiger partial charge in [-0.25, -0.2) is 14.2 Å². The fourth-order valence-electron chi connectivity index (χ4n) is 7.30. The first-order valence-electron chi connectivity index (χ1n) is 15.6. The molecule has 3 aromatic rings. The number of fused-ring (bicyclic) bond motifs is 2. The quantitative estimate of drug-likeness (QED) is 0.390. The van der Waals surface area contributed by atoms with E-state index in [-0.39, 0.29) is 48.0 Å². The SMILES string of the molecule is CC(C)(C)OC(=O)N1CCC2(CC1)CN(c1ccc(-c3cc(F)c4c(c3)C(=O)N(C(C(=O)[O-])c3ncn5c3CCC5)C4)cc1)C2.[Li+]. The van der Waals surface area contributed by atoms with Crippen LogP contribution in [-0.4, -0.2) is 69.1 Å². The number of aliphatic carboxylic acids is 1. The summed E-state index contributed by atoms with van der Waals surface area (Å²) < 4.78 is 22.9. The van der Waals surface area contributed by atoms with Crippen molar-refractivity contribution in [3.63, 3.8) is 0 Å². The van der Waals surface area contributed by atoms with Crippen molar-refractivity contribution in [1.82, 2.24) is 19.4 Å². The zero-order chi connectivity index (χ0) is 31.7. The number of benzene rings is 2. The summed E-state index contributed by atoms with van der Waals surface area (Å²) in [5.41, 5.74) is 3.49. The number of carbonyl (C=O) groups is 3. The summed E-state index contributed by atoms with van der Waals surface area (Å²) in [6.45, 7) is 9.42. The van der Waals surface area contributed by atoms with Crippen LogP contribution in [0.2, 0.25) is 0 Å². The molecule has 5 heterocycles. The molecule has 46 heavy (non-hydrogen) atoms. The number of anilines is 1. The number of aromatic nitrogens is 2. The van der Waals surface area contributed by atoms with Gasteiger partial charge in [0.2, 0.25) is 0 Å². The molecule has 1 aromatic heterocycles. The third-order valence-corrected chi connectivity index (χ3v) is 9.69. The predicted octanol–water partition coefficient (Wildman–Crippen LogP) is 0.924. The second-order valence-electron chi connectivity index (χ2n) is 13.9. The van der Waals surface area contributed by atoms with Gasteiger partial charge in [0.25, 0.3) is 5.91 Å². The number of carboxylic acid groups (broad SMARTS) is 1. The van der Waals surface area contributed by atoms with E-state index >= 15 is 4.39 Å². The van der Waals surface area contributed by atoms with E-state index in [1.807, 2.05) is 49.6 Å². The summed E-state index contributed by atoms with van der Waals surface area (Å²) in [5.74, 6) is -2.51. The molecule has 2 amide bonds. The fraction of sp³-hybridized carbons (Fsp3) is 0.471. The maximum Gasteiger partial charge on any atom is 1.00 e. The van der Waals surface area contributed by atoms with Crippen molar-refractivity contribution in [2.75, 3.05) is 31.1 Å². The van der Waals surface area contributed by atoms with Gasteiger partial charge in [0.1, 0.15) is 17.5 Å². The van der Waals surface area contributed by atoms with Gasteiger partial charge >= 0.3 is 25.0 Å². The maximum atomic E-state index is 15.4. The molecule has 2 fully saturated rings. The Morgan fingerprint density at radius 2 is 1.74 bits per heavy atom. The molecule has 236 valence electrons. The molecule has 12 heteroatoms. The molecule has 1 unspecified atom stereocenters. The van der Waals surface area contributed by atoms with Gasteiger partial charge in [-0.2, -0.15) is 0 Å². The first-order chi connectivity index (χ1) is 21.4. The van der Waals surface area contributed by atoms with Gasteiger partial charge in [0.15, 0.2) is 0 Å². The Bertz CT molecular complexity index is 1680. The number of ether oxygens (including phenoxy) is 1. The molecule has 0 N–H and O–H groups in total. The minimum Gasteiger partial charge on any atom is -0.547 e. The van der Waals surface area contributed by atoms with E-state index in [1.54, 1.807) is 17.3 Å². The third-order valence-electron chi connectivity index (χ3n) is 9.69. The fourth-order valence-corrected chi connectivity index (χ4v) is 7.30. The van der Waals surface area contributed by atoms with E-state index in [4.69, 9.17) is 4.74 Å². The number of carbonyl (C=O) groups excluding carboxylic acids is 3. The number of aryl methyl sites for hydroxylation is 1. The van der Waals surface area contributed by atoms with Crippen molar-refractivity contribution >= 4 is 23.7 Å². The molecule has 2 saturated heterocycles. The van der Waals surface area contributed by atoms with Gasteiger partial charge in [0, 0.05) is 60.6 Å². The molecule has 0 radical (unpaired) electrons. The number of amides is 2. The van der Waals surface area contributed by atoms with Crippen molar-refractivity contribution in [3.8, 4) is 11.1 Å². The van der Waals surface area contributed by atoms with Gasteiger partial charge in [0.05, 0.1) is 24.5 Å². The molecule has 7 rings (SSSR count). The molecule has 2 aromatic carbocycles. The second kappa shape index (κ2) is 11.8. The number of imidazole rings is 1. The zero-order valence-corrected chi connectivity index (χ0v) is 26.8. The van der Waals surface area contributed by atoms with Crippen LogP contribution in [0.4, 0.5) is 14.9 Å². The van der Waals surface area contributed by atoms with Crippen LogP contribution in [0, 0.1) is 11.2 Å². The van der Waals surface area contributed by atoms with Crippen molar-refractivity contribution in [2.45, 2.75) is 71.2 Å². The normalized spacial score (nSPS) is 19.0. The first kappa shape index (κ1) is 32.1. The van der Waals surface area contributed by atoms with E-state index in [0.29, 0.717) is 30.8 Å². The van der Waals surface area contributed by atoms with E-state index in [1.165, 1.54) is 6.07 Å². The number of halogens is 1. The van der Waals surface area contributed by atoms with Crippen LogP contribution in [0.25, 0.3) is 11.1 Å². The molecule has 4 aliphatic rings. The molecule has 4 aliphatic heterocycles. The van der Waals surface area contributed by atoms with Crippen LogP contribution >= 0.6 is 0 Å². The Labute approximate surface area is 279 Å². The van der Waals surface area contributed by atoms with Gasteiger partial charge in [-0.15, -0.1) is 0 Å². The summed E-state index contributed by atoms with van der Waals surface area (Å²) in [6, 6.07) is 9.52. The predicted molar refractivity (Wildman–Crippen MR) is 162 cm³/mol. The Hall–Kier alpha value is -3.81. The second-order valence-corrected chi connectivity index (χ2v) is 13.9. The number of hydrogen-bond acceptors (Lipinski definition) is 7. The van der Waals surface area contributed by atoms with E-state index < -0.39 is 29.3 Å². The van der Waals surface area contributed by atoms with Crippen molar-refractivity contribution in [3.05, 3.63) is 71.1 Å². The van der Waals surface area contributed by atoms with Crippen LogP contribution in [0.15, 0.2) is 42.7 Å².